The fourth-order valence-corrected chi connectivity index (χ4v) is 4.75. The molecule has 180 valence electrons. The summed E-state index contributed by atoms with van der Waals surface area (Å²) >= 11 is 0. The number of aliphatic hydroxyl groups excluding tert-OH is 2. The van der Waals surface area contributed by atoms with Gasteiger partial charge in [-0.1, -0.05) is 36.4 Å². The number of hydrogen-bond acceptors (Lipinski definition) is 5. The number of benzene rings is 2. The zero-order chi connectivity index (χ0) is 24.3. The maximum absolute atomic E-state index is 13.1. The molecule has 0 amide bonds. The third kappa shape index (κ3) is 5.46. The van der Waals surface area contributed by atoms with Crippen molar-refractivity contribution in [1.29, 1.82) is 0 Å². The molecule has 0 aliphatic heterocycles. The number of aliphatic hydroxyl groups is 2. The normalized spacial score (nSPS) is 22.8. The Bertz CT molecular complexity index is 1120. The van der Waals surface area contributed by atoms with E-state index in [-0.39, 0.29) is 35.9 Å². The Kier molecular flexibility index (Phi) is 7.30. The van der Waals surface area contributed by atoms with Gasteiger partial charge in [-0.05, 0) is 55.0 Å². The summed E-state index contributed by atoms with van der Waals surface area (Å²) in [7, 11) is 0. The van der Waals surface area contributed by atoms with Crippen LogP contribution in [0, 0.1) is 18.8 Å². The highest BCUT2D eigenvalue weighted by Crippen LogP contribution is 2.35. The standard InChI is InChI=1S/C26H28F3N3O2/c1-16-5-2-3-6-18(16)14-31-23-13-24(34)22(15-33)21(23)12-20-9-10-30-25(32-20)17-7-4-8-19(11-17)26(27,28)29/h2-11,21-24,31,33-34H,12-15H2,1H3/t21-,22-,23-,24-/m1/s1. The van der Waals surface area contributed by atoms with E-state index < -0.39 is 17.8 Å². The van der Waals surface area contributed by atoms with Gasteiger partial charge in [0.15, 0.2) is 5.82 Å². The van der Waals surface area contributed by atoms with Crippen LogP contribution in [0.1, 0.15) is 28.8 Å². The first-order valence-corrected chi connectivity index (χ1v) is 11.3. The lowest BCUT2D eigenvalue weighted by molar-refractivity contribution is -0.137. The lowest BCUT2D eigenvalue weighted by Gasteiger charge is -2.25. The van der Waals surface area contributed by atoms with Gasteiger partial charge in [0.2, 0.25) is 0 Å². The Morgan fingerprint density at radius 1 is 1.06 bits per heavy atom. The van der Waals surface area contributed by atoms with Crippen LogP contribution in [0.3, 0.4) is 0 Å². The summed E-state index contributed by atoms with van der Waals surface area (Å²) in [6, 6.07) is 14.7. The third-order valence-electron chi connectivity index (χ3n) is 6.69. The number of rotatable bonds is 7. The van der Waals surface area contributed by atoms with E-state index in [4.69, 9.17) is 0 Å². The van der Waals surface area contributed by atoms with Crippen molar-refractivity contribution >= 4 is 0 Å². The Morgan fingerprint density at radius 3 is 2.59 bits per heavy atom. The van der Waals surface area contributed by atoms with Gasteiger partial charge in [-0.3, -0.25) is 0 Å². The third-order valence-corrected chi connectivity index (χ3v) is 6.69. The Labute approximate surface area is 196 Å². The molecule has 2 aromatic carbocycles. The van der Waals surface area contributed by atoms with Crippen molar-refractivity contribution < 1.29 is 23.4 Å². The second kappa shape index (κ2) is 10.2. The maximum Gasteiger partial charge on any atom is 0.416 e. The monoisotopic (exact) mass is 471 g/mol. The Hall–Kier alpha value is -2.81. The smallest absolute Gasteiger partial charge is 0.396 e. The van der Waals surface area contributed by atoms with Gasteiger partial charge in [0.05, 0.1) is 11.7 Å². The summed E-state index contributed by atoms with van der Waals surface area (Å²) in [6.07, 6.45) is -2.59. The lowest BCUT2D eigenvalue weighted by Crippen LogP contribution is -2.36. The van der Waals surface area contributed by atoms with Gasteiger partial charge in [0.25, 0.3) is 0 Å². The van der Waals surface area contributed by atoms with Crippen LogP contribution in [-0.2, 0) is 19.1 Å². The fourth-order valence-electron chi connectivity index (χ4n) is 4.75. The van der Waals surface area contributed by atoms with Gasteiger partial charge >= 0.3 is 6.18 Å². The highest BCUT2D eigenvalue weighted by atomic mass is 19.4. The molecular formula is C26H28F3N3O2. The minimum absolute atomic E-state index is 0.0428. The molecule has 0 spiro atoms. The molecule has 0 saturated heterocycles. The summed E-state index contributed by atoms with van der Waals surface area (Å²) < 4.78 is 39.4. The van der Waals surface area contributed by atoms with Crippen molar-refractivity contribution in [3.8, 4) is 11.4 Å². The molecule has 5 nitrogen and oxygen atoms in total. The van der Waals surface area contributed by atoms with Crippen molar-refractivity contribution in [1.82, 2.24) is 15.3 Å². The van der Waals surface area contributed by atoms with E-state index >= 15 is 0 Å². The molecule has 3 N–H and O–H groups in total. The molecule has 4 rings (SSSR count). The predicted octanol–water partition coefficient (Wildman–Crippen LogP) is 4.16. The van der Waals surface area contributed by atoms with Gasteiger partial charge in [0, 0.05) is 42.6 Å². The summed E-state index contributed by atoms with van der Waals surface area (Å²) in [5, 5.41) is 24.0. The zero-order valence-electron chi connectivity index (χ0n) is 18.8. The number of nitrogens with one attached hydrogen (secondary N) is 1. The van der Waals surface area contributed by atoms with Crippen LogP contribution in [0.15, 0.2) is 60.8 Å². The molecule has 1 saturated carbocycles. The Morgan fingerprint density at radius 2 is 1.85 bits per heavy atom. The van der Waals surface area contributed by atoms with E-state index in [2.05, 4.69) is 21.4 Å². The molecule has 1 aliphatic carbocycles. The first-order chi connectivity index (χ1) is 16.3. The first kappa shape index (κ1) is 24.3. The number of nitrogens with zero attached hydrogens (tertiary/aromatic N) is 2. The summed E-state index contributed by atoms with van der Waals surface area (Å²) in [5.41, 5.74) is 2.53. The summed E-state index contributed by atoms with van der Waals surface area (Å²) in [4.78, 5) is 8.69. The van der Waals surface area contributed by atoms with Crippen LogP contribution in [-0.4, -0.2) is 38.9 Å². The summed E-state index contributed by atoms with van der Waals surface area (Å²) in [5.74, 6) is -0.193. The molecule has 34 heavy (non-hydrogen) atoms. The second-order valence-corrected chi connectivity index (χ2v) is 8.88. The van der Waals surface area contributed by atoms with Crippen LogP contribution >= 0.6 is 0 Å². The highest BCUT2D eigenvalue weighted by molar-refractivity contribution is 5.56. The van der Waals surface area contributed by atoms with Crippen LogP contribution in [0.25, 0.3) is 11.4 Å². The van der Waals surface area contributed by atoms with Gasteiger partial charge in [-0.15, -0.1) is 0 Å². The van der Waals surface area contributed by atoms with Crippen LogP contribution in [0.2, 0.25) is 0 Å². The maximum atomic E-state index is 13.1. The van der Waals surface area contributed by atoms with Crippen molar-refractivity contribution in [3.05, 3.63) is 83.2 Å². The van der Waals surface area contributed by atoms with E-state index in [1.54, 1.807) is 12.1 Å². The van der Waals surface area contributed by atoms with Crippen LogP contribution < -0.4 is 5.32 Å². The van der Waals surface area contributed by atoms with Crippen LogP contribution in [0.5, 0.6) is 0 Å². The molecule has 4 atom stereocenters. The SMILES string of the molecule is Cc1ccccc1CN[C@@H]1C[C@@H](O)[C@H](CO)[C@H]1Cc1ccnc(-c2cccc(C(F)(F)F)c2)n1. The van der Waals surface area contributed by atoms with E-state index in [0.29, 0.717) is 25.1 Å². The second-order valence-electron chi connectivity index (χ2n) is 8.88. The van der Waals surface area contributed by atoms with Crippen molar-refractivity contribution in [2.45, 2.75) is 44.6 Å². The van der Waals surface area contributed by atoms with Gasteiger partial charge in [-0.2, -0.15) is 13.2 Å². The molecule has 1 aliphatic rings. The molecule has 0 bridgehead atoms. The average molecular weight is 472 g/mol. The number of alkyl halides is 3. The number of halogens is 3. The quantitative estimate of drug-likeness (QED) is 0.482. The van der Waals surface area contributed by atoms with Crippen molar-refractivity contribution in [2.75, 3.05) is 6.61 Å². The lowest BCUT2D eigenvalue weighted by atomic mass is 9.88. The first-order valence-electron chi connectivity index (χ1n) is 11.3. The molecule has 0 unspecified atom stereocenters. The molecular weight excluding hydrogens is 443 g/mol. The largest absolute Gasteiger partial charge is 0.416 e. The van der Waals surface area contributed by atoms with E-state index in [0.717, 1.165) is 17.7 Å². The van der Waals surface area contributed by atoms with E-state index in [1.807, 2.05) is 25.1 Å². The molecule has 1 heterocycles. The molecule has 1 aromatic heterocycles. The number of aryl methyl sites for hydroxylation is 1. The highest BCUT2D eigenvalue weighted by Gasteiger charge is 2.42. The molecule has 3 aromatic rings. The number of aromatic nitrogens is 2. The minimum atomic E-state index is -4.45. The molecule has 1 fully saturated rings. The number of hydrogen-bond donors (Lipinski definition) is 3. The van der Waals surface area contributed by atoms with Crippen molar-refractivity contribution in [2.24, 2.45) is 11.8 Å². The fraction of sp³-hybridized carbons (Fsp3) is 0.385. The van der Waals surface area contributed by atoms with Gasteiger partial charge in [-0.25, -0.2) is 9.97 Å². The topological polar surface area (TPSA) is 78.3 Å². The van der Waals surface area contributed by atoms with Gasteiger partial charge < -0.3 is 15.5 Å². The zero-order valence-corrected chi connectivity index (χ0v) is 18.8. The molecule has 8 heteroatoms. The average Bonchev–Trinajstić information content (AvgIpc) is 3.12. The summed E-state index contributed by atoms with van der Waals surface area (Å²) in [6.45, 7) is 2.53. The van der Waals surface area contributed by atoms with E-state index in [1.165, 1.54) is 17.8 Å². The molecule has 0 radical (unpaired) electrons. The Balaban J connectivity index is 1.54. The van der Waals surface area contributed by atoms with Crippen LogP contribution in [0.4, 0.5) is 13.2 Å². The van der Waals surface area contributed by atoms with E-state index in [9.17, 15) is 23.4 Å². The van der Waals surface area contributed by atoms with Crippen molar-refractivity contribution in [3.63, 3.8) is 0 Å². The predicted molar refractivity (Wildman–Crippen MR) is 123 cm³/mol. The van der Waals surface area contributed by atoms with Gasteiger partial charge in [0.1, 0.15) is 0 Å². The minimum Gasteiger partial charge on any atom is -0.396 e.